The van der Waals surface area contributed by atoms with E-state index in [4.69, 9.17) is 4.98 Å². The SMILES string of the molecule is CCCCNC(=O)[C@H](C[C@H](O)[C@H](CC1CCCCC1)NC(=O)Cc1nnc2c(CCC)nc(-c3cccnc3)cn12)C(C)C. The van der Waals surface area contributed by atoms with Gasteiger partial charge < -0.3 is 15.7 Å². The number of aromatic nitrogens is 5. The second-order valence-electron chi connectivity index (χ2n) is 12.8. The van der Waals surface area contributed by atoms with Crippen molar-refractivity contribution in [3.63, 3.8) is 0 Å². The fraction of sp³-hybridized carbons (Fsp3) is 0.647. The van der Waals surface area contributed by atoms with Gasteiger partial charge in [0.05, 0.1) is 30.0 Å². The van der Waals surface area contributed by atoms with Crippen LogP contribution in [0.25, 0.3) is 16.9 Å². The summed E-state index contributed by atoms with van der Waals surface area (Å²) in [5, 5.41) is 26.5. The summed E-state index contributed by atoms with van der Waals surface area (Å²) < 4.78 is 1.86. The van der Waals surface area contributed by atoms with E-state index in [9.17, 15) is 14.7 Å². The molecule has 0 spiro atoms. The minimum atomic E-state index is -0.835. The Morgan fingerprint density at radius 2 is 1.91 bits per heavy atom. The Kier molecular flexibility index (Phi) is 12.6. The van der Waals surface area contributed by atoms with Crippen LogP contribution in [0, 0.1) is 17.8 Å². The average Bonchev–Trinajstić information content (AvgIpc) is 3.42. The largest absolute Gasteiger partial charge is 0.391 e. The number of hydrogen-bond acceptors (Lipinski definition) is 7. The summed E-state index contributed by atoms with van der Waals surface area (Å²) in [4.78, 5) is 35.7. The maximum absolute atomic E-state index is 13.6. The van der Waals surface area contributed by atoms with Crippen LogP contribution in [0.5, 0.6) is 0 Å². The maximum Gasteiger partial charge on any atom is 0.227 e. The van der Waals surface area contributed by atoms with Gasteiger partial charge in [0.15, 0.2) is 5.65 Å². The summed E-state index contributed by atoms with van der Waals surface area (Å²) in [5.74, 6) is 0.459. The third kappa shape index (κ3) is 9.06. The Hall–Kier alpha value is -3.40. The van der Waals surface area contributed by atoms with Crippen molar-refractivity contribution >= 4 is 17.5 Å². The summed E-state index contributed by atoms with van der Waals surface area (Å²) in [6.45, 7) is 8.86. The molecule has 3 heterocycles. The fourth-order valence-electron chi connectivity index (χ4n) is 6.30. The van der Waals surface area contributed by atoms with Crippen LogP contribution in [0.4, 0.5) is 0 Å². The van der Waals surface area contributed by atoms with E-state index in [0.29, 0.717) is 36.8 Å². The van der Waals surface area contributed by atoms with Crippen LogP contribution in [-0.4, -0.2) is 60.2 Å². The standard InChI is InChI=1S/C34H51N7O3/c1-5-7-17-36-34(44)26(23(3)4)19-30(42)28(18-24-13-9-8-10-14-24)38-32(43)20-31-39-40-33-27(12-6-2)37-29(22-41(31)33)25-15-11-16-35-21-25/h11,15-16,21-24,26,28,30,42H,5-10,12-14,17-20H2,1-4H3,(H,36,44)(H,38,43)/t26-,28+,30+/m1/s1. The number of fused-ring (bicyclic) bond motifs is 1. The van der Waals surface area contributed by atoms with Crippen molar-refractivity contribution in [1.82, 2.24) is 35.2 Å². The third-order valence-corrected chi connectivity index (χ3v) is 8.88. The summed E-state index contributed by atoms with van der Waals surface area (Å²) in [6, 6.07) is 3.38. The molecule has 0 aliphatic heterocycles. The van der Waals surface area contributed by atoms with E-state index in [1.807, 2.05) is 36.6 Å². The summed E-state index contributed by atoms with van der Waals surface area (Å²) >= 11 is 0. The van der Waals surface area contributed by atoms with Gasteiger partial charge in [0.1, 0.15) is 5.82 Å². The number of amides is 2. The highest BCUT2D eigenvalue weighted by Gasteiger charge is 2.32. The van der Waals surface area contributed by atoms with Crippen LogP contribution in [-0.2, 0) is 22.4 Å². The van der Waals surface area contributed by atoms with Crippen molar-refractivity contribution in [2.24, 2.45) is 17.8 Å². The zero-order valence-electron chi connectivity index (χ0n) is 27.0. The van der Waals surface area contributed by atoms with E-state index < -0.39 is 12.1 Å². The first-order valence-electron chi connectivity index (χ1n) is 16.7. The Labute approximate surface area is 261 Å². The number of rotatable bonds is 16. The van der Waals surface area contributed by atoms with Crippen molar-refractivity contribution in [3.8, 4) is 11.3 Å². The van der Waals surface area contributed by atoms with Gasteiger partial charge >= 0.3 is 0 Å². The molecule has 3 aromatic heterocycles. The van der Waals surface area contributed by atoms with E-state index in [2.05, 4.69) is 39.7 Å². The molecule has 1 aliphatic rings. The first-order valence-corrected chi connectivity index (χ1v) is 16.7. The van der Waals surface area contributed by atoms with E-state index in [-0.39, 0.29) is 30.1 Å². The molecule has 1 saturated carbocycles. The van der Waals surface area contributed by atoms with Crippen LogP contribution < -0.4 is 10.6 Å². The molecular formula is C34H51N7O3. The van der Waals surface area contributed by atoms with Gasteiger partial charge in [0, 0.05) is 36.6 Å². The maximum atomic E-state index is 13.6. The molecule has 240 valence electrons. The lowest BCUT2D eigenvalue weighted by atomic mass is 9.81. The number of unbranched alkanes of at least 4 members (excludes halogenated alkanes) is 1. The van der Waals surface area contributed by atoms with E-state index >= 15 is 0 Å². The van der Waals surface area contributed by atoms with E-state index in [0.717, 1.165) is 55.5 Å². The van der Waals surface area contributed by atoms with Crippen molar-refractivity contribution in [1.29, 1.82) is 0 Å². The third-order valence-electron chi connectivity index (χ3n) is 8.88. The summed E-state index contributed by atoms with van der Waals surface area (Å²) in [5.41, 5.74) is 3.11. The highest BCUT2D eigenvalue weighted by Crippen LogP contribution is 2.30. The first-order chi connectivity index (χ1) is 21.3. The van der Waals surface area contributed by atoms with Crippen molar-refractivity contribution in [2.75, 3.05) is 6.54 Å². The molecule has 44 heavy (non-hydrogen) atoms. The van der Waals surface area contributed by atoms with E-state index in [1.165, 1.54) is 19.3 Å². The highest BCUT2D eigenvalue weighted by molar-refractivity contribution is 5.79. The number of aliphatic hydroxyl groups is 1. The van der Waals surface area contributed by atoms with Gasteiger partial charge in [-0.1, -0.05) is 72.6 Å². The molecule has 0 unspecified atom stereocenters. The molecule has 10 heteroatoms. The normalized spacial score (nSPS) is 16.1. The van der Waals surface area contributed by atoms with Crippen LogP contribution >= 0.6 is 0 Å². The molecule has 0 aromatic carbocycles. The van der Waals surface area contributed by atoms with Crippen LogP contribution in [0.2, 0.25) is 0 Å². The zero-order valence-corrected chi connectivity index (χ0v) is 27.0. The number of aliphatic hydroxyl groups excluding tert-OH is 1. The minimum absolute atomic E-state index is 0.0161. The first kappa shape index (κ1) is 33.5. The van der Waals surface area contributed by atoms with Gasteiger partial charge in [0.25, 0.3) is 0 Å². The lowest BCUT2D eigenvalue weighted by molar-refractivity contribution is -0.127. The van der Waals surface area contributed by atoms with Crippen molar-refractivity contribution in [3.05, 3.63) is 42.2 Å². The second-order valence-corrected chi connectivity index (χ2v) is 12.8. The molecule has 0 saturated heterocycles. The Morgan fingerprint density at radius 1 is 1.11 bits per heavy atom. The van der Waals surface area contributed by atoms with Gasteiger partial charge in [-0.15, -0.1) is 10.2 Å². The average molecular weight is 606 g/mol. The lowest BCUT2D eigenvalue weighted by Crippen LogP contribution is -2.47. The van der Waals surface area contributed by atoms with Crippen molar-refractivity contribution in [2.45, 2.75) is 117 Å². The molecule has 1 fully saturated rings. The summed E-state index contributed by atoms with van der Waals surface area (Å²) in [7, 11) is 0. The number of nitrogens with one attached hydrogen (secondary N) is 2. The number of carbonyl (C=O) groups excluding carboxylic acids is 2. The molecule has 0 radical (unpaired) electrons. The highest BCUT2D eigenvalue weighted by atomic mass is 16.3. The van der Waals surface area contributed by atoms with Gasteiger partial charge in [-0.2, -0.15) is 0 Å². The Morgan fingerprint density at radius 3 is 2.59 bits per heavy atom. The fourth-order valence-corrected chi connectivity index (χ4v) is 6.30. The van der Waals surface area contributed by atoms with Gasteiger partial charge in [0.2, 0.25) is 11.8 Å². The van der Waals surface area contributed by atoms with Gasteiger partial charge in [-0.25, -0.2) is 4.98 Å². The predicted molar refractivity (Wildman–Crippen MR) is 172 cm³/mol. The summed E-state index contributed by atoms with van der Waals surface area (Å²) in [6.07, 6.45) is 14.9. The minimum Gasteiger partial charge on any atom is -0.391 e. The molecule has 4 rings (SSSR count). The number of nitrogens with zero attached hydrogens (tertiary/aromatic N) is 5. The number of aryl methyl sites for hydroxylation is 1. The monoisotopic (exact) mass is 605 g/mol. The van der Waals surface area contributed by atoms with Crippen molar-refractivity contribution < 1.29 is 14.7 Å². The Balaban J connectivity index is 1.53. The zero-order chi connectivity index (χ0) is 31.5. The molecule has 1 aliphatic carbocycles. The van der Waals surface area contributed by atoms with E-state index in [1.54, 1.807) is 12.4 Å². The molecule has 3 atom stereocenters. The van der Waals surface area contributed by atoms with Crippen LogP contribution in [0.15, 0.2) is 30.7 Å². The van der Waals surface area contributed by atoms with Crippen LogP contribution in [0.3, 0.4) is 0 Å². The topological polar surface area (TPSA) is 134 Å². The van der Waals surface area contributed by atoms with Gasteiger partial charge in [-0.3, -0.25) is 19.0 Å². The second kappa shape index (κ2) is 16.6. The van der Waals surface area contributed by atoms with Gasteiger partial charge in [-0.05, 0) is 49.7 Å². The molecule has 3 N–H and O–H groups in total. The van der Waals surface area contributed by atoms with Crippen LogP contribution in [0.1, 0.15) is 103 Å². The predicted octanol–water partition coefficient (Wildman–Crippen LogP) is 5.08. The lowest BCUT2D eigenvalue weighted by Gasteiger charge is -2.32. The molecule has 2 amide bonds. The number of carbonyl (C=O) groups is 2. The number of hydrogen-bond donors (Lipinski definition) is 3. The smallest absolute Gasteiger partial charge is 0.227 e. The molecule has 3 aromatic rings. The molecular weight excluding hydrogens is 554 g/mol. The molecule has 0 bridgehead atoms. The molecule has 10 nitrogen and oxygen atoms in total. The Bertz CT molecular complexity index is 1340. The number of pyridine rings is 1. The quantitative estimate of drug-likeness (QED) is 0.194.